The highest BCUT2D eigenvalue weighted by Crippen LogP contribution is 2.39. The quantitative estimate of drug-likeness (QED) is 0.807. The number of fused-ring (bicyclic) bond motifs is 3. The number of carbonyl (C=O) groups is 1. The average molecular weight is 242 g/mol. The summed E-state index contributed by atoms with van der Waals surface area (Å²) in [7, 11) is 0. The number of nitrogens with two attached hydrogens (primary N) is 1. The van der Waals surface area contributed by atoms with E-state index in [1.807, 2.05) is 42.6 Å². The lowest BCUT2D eigenvalue weighted by atomic mass is 10.1. The van der Waals surface area contributed by atoms with E-state index >= 15 is 0 Å². The molecule has 0 unspecified atom stereocenters. The van der Waals surface area contributed by atoms with Crippen molar-refractivity contribution in [3.8, 4) is 10.4 Å². The Labute approximate surface area is 103 Å². The molecule has 1 amide bonds. The third-order valence-electron chi connectivity index (χ3n) is 2.68. The van der Waals surface area contributed by atoms with Gasteiger partial charge in [0.15, 0.2) is 0 Å². The smallest absolute Gasteiger partial charge is 0.258 e. The summed E-state index contributed by atoms with van der Waals surface area (Å²) in [5.41, 5.74) is 8.49. The maximum Gasteiger partial charge on any atom is 0.258 e. The molecule has 84 valence electrons. The molecule has 0 saturated carbocycles. The van der Waals surface area contributed by atoms with Crippen LogP contribution in [0, 0.1) is 0 Å². The van der Waals surface area contributed by atoms with Crippen LogP contribution in [-0.4, -0.2) is 5.91 Å². The van der Waals surface area contributed by atoms with Crippen molar-refractivity contribution < 1.29 is 4.79 Å². The summed E-state index contributed by atoms with van der Waals surface area (Å²) in [6, 6.07) is 9.85. The van der Waals surface area contributed by atoms with Crippen molar-refractivity contribution in [3.05, 3.63) is 47.0 Å². The summed E-state index contributed by atoms with van der Waals surface area (Å²) in [5.74, 6) is -0.373. The SMILES string of the molecule is NC(=O)c1cc2c(s1)-c1ccccc1NC=C2. The van der Waals surface area contributed by atoms with Gasteiger partial charge in [-0.15, -0.1) is 11.3 Å². The second-order valence-electron chi connectivity index (χ2n) is 3.78. The van der Waals surface area contributed by atoms with Crippen LogP contribution >= 0.6 is 11.3 Å². The fraction of sp³-hybridized carbons (Fsp3) is 0. The molecule has 0 saturated heterocycles. The molecular weight excluding hydrogens is 232 g/mol. The third kappa shape index (κ3) is 1.62. The van der Waals surface area contributed by atoms with Crippen LogP contribution < -0.4 is 11.1 Å². The van der Waals surface area contributed by atoms with Crippen molar-refractivity contribution in [1.29, 1.82) is 0 Å². The minimum Gasteiger partial charge on any atom is -0.365 e. The predicted molar refractivity (Wildman–Crippen MR) is 70.9 cm³/mol. The summed E-state index contributed by atoms with van der Waals surface area (Å²) in [5, 5.41) is 3.22. The third-order valence-corrected chi connectivity index (χ3v) is 3.88. The second kappa shape index (κ2) is 3.75. The normalized spacial score (nSPS) is 12.2. The fourth-order valence-corrected chi connectivity index (χ4v) is 2.93. The first-order valence-electron chi connectivity index (χ1n) is 5.22. The van der Waals surface area contributed by atoms with Gasteiger partial charge < -0.3 is 11.1 Å². The van der Waals surface area contributed by atoms with Crippen LogP contribution in [0.15, 0.2) is 36.5 Å². The zero-order valence-electron chi connectivity index (χ0n) is 8.94. The van der Waals surface area contributed by atoms with Crippen molar-refractivity contribution in [2.24, 2.45) is 5.73 Å². The Morgan fingerprint density at radius 3 is 2.94 bits per heavy atom. The van der Waals surface area contributed by atoms with Crippen molar-refractivity contribution in [2.45, 2.75) is 0 Å². The van der Waals surface area contributed by atoms with Crippen LogP contribution in [0.3, 0.4) is 0 Å². The number of nitrogens with one attached hydrogen (secondary N) is 1. The minimum absolute atomic E-state index is 0.373. The van der Waals surface area contributed by atoms with Gasteiger partial charge in [0, 0.05) is 22.3 Å². The largest absolute Gasteiger partial charge is 0.365 e. The first kappa shape index (κ1) is 10.1. The molecule has 1 aromatic heterocycles. The Bertz CT molecular complexity index is 628. The monoisotopic (exact) mass is 242 g/mol. The second-order valence-corrected chi connectivity index (χ2v) is 4.83. The molecule has 1 aromatic carbocycles. The maximum absolute atomic E-state index is 11.2. The number of thiophene rings is 1. The molecule has 0 fully saturated rings. The number of hydrogen-bond donors (Lipinski definition) is 2. The van der Waals surface area contributed by atoms with E-state index in [0.29, 0.717) is 4.88 Å². The van der Waals surface area contributed by atoms with E-state index in [2.05, 4.69) is 5.32 Å². The van der Waals surface area contributed by atoms with Gasteiger partial charge in [-0.1, -0.05) is 18.2 Å². The number of carbonyl (C=O) groups excluding carboxylic acids is 1. The molecule has 0 atom stereocenters. The lowest BCUT2D eigenvalue weighted by Crippen LogP contribution is -2.08. The van der Waals surface area contributed by atoms with Crippen LogP contribution in [0.2, 0.25) is 0 Å². The van der Waals surface area contributed by atoms with Gasteiger partial charge in [0.25, 0.3) is 5.91 Å². The lowest BCUT2D eigenvalue weighted by molar-refractivity contribution is 0.100. The number of rotatable bonds is 1. The van der Waals surface area contributed by atoms with Gasteiger partial charge in [-0.05, 0) is 23.8 Å². The molecule has 1 aliphatic heterocycles. The number of primary amides is 1. The highest BCUT2D eigenvalue weighted by atomic mass is 32.1. The summed E-state index contributed by atoms with van der Waals surface area (Å²) in [6.45, 7) is 0. The van der Waals surface area contributed by atoms with Crippen LogP contribution in [-0.2, 0) is 0 Å². The molecule has 1 aliphatic rings. The molecule has 2 heterocycles. The zero-order valence-corrected chi connectivity index (χ0v) is 9.75. The molecule has 0 radical (unpaired) electrons. The predicted octanol–water partition coefficient (Wildman–Crippen LogP) is 2.91. The highest BCUT2D eigenvalue weighted by Gasteiger charge is 2.16. The Morgan fingerprint density at radius 1 is 1.29 bits per heavy atom. The molecule has 3 N–H and O–H groups in total. The number of amides is 1. The molecule has 0 spiro atoms. The van der Waals surface area contributed by atoms with Crippen LogP contribution in [0.4, 0.5) is 5.69 Å². The number of hydrogen-bond acceptors (Lipinski definition) is 3. The van der Waals surface area contributed by atoms with Crippen LogP contribution in [0.5, 0.6) is 0 Å². The Hall–Kier alpha value is -2.07. The minimum atomic E-state index is -0.373. The van der Waals surface area contributed by atoms with E-state index < -0.39 is 0 Å². The van der Waals surface area contributed by atoms with Crippen molar-refractivity contribution in [3.63, 3.8) is 0 Å². The summed E-state index contributed by atoms with van der Waals surface area (Å²) >= 11 is 1.43. The Kier molecular flexibility index (Phi) is 2.23. The molecule has 2 aromatic rings. The lowest BCUT2D eigenvalue weighted by Gasteiger charge is -2.05. The summed E-state index contributed by atoms with van der Waals surface area (Å²) < 4.78 is 0. The van der Waals surface area contributed by atoms with Gasteiger partial charge in [-0.2, -0.15) is 0 Å². The topological polar surface area (TPSA) is 55.1 Å². The highest BCUT2D eigenvalue weighted by molar-refractivity contribution is 7.17. The number of benzene rings is 1. The van der Waals surface area contributed by atoms with Crippen LogP contribution in [0.1, 0.15) is 15.2 Å². The Balaban J connectivity index is 2.26. The maximum atomic E-state index is 11.2. The van der Waals surface area contributed by atoms with Crippen molar-refractivity contribution in [2.75, 3.05) is 5.32 Å². The fourth-order valence-electron chi connectivity index (χ4n) is 1.89. The van der Waals surface area contributed by atoms with Gasteiger partial charge in [-0.3, -0.25) is 4.79 Å². The number of para-hydroxylation sites is 1. The van der Waals surface area contributed by atoms with Gasteiger partial charge in [0.2, 0.25) is 0 Å². The summed E-state index contributed by atoms with van der Waals surface area (Å²) in [4.78, 5) is 12.9. The van der Waals surface area contributed by atoms with Gasteiger partial charge in [0.1, 0.15) is 0 Å². The van der Waals surface area contributed by atoms with Crippen LogP contribution in [0.25, 0.3) is 16.5 Å². The molecular formula is C13H10N2OS. The summed E-state index contributed by atoms with van der Waals surface area (Å²) in [6.07, 6.45) is 3.83. The standard InChI is InChI=1S/C13H10N2OS/c14-13(16)11-7-8-5-6-15-10-4-2-1-3-9(10)12(8)17-11/h1-7,15H,(H2,14,16). The van der Waals surface area contributed by atoms with Gasteiger partial charge in [0.05, 0.1) is 4.88 Å². The molecule has 4 heteroatoms. The van der Waals surface area contributed by atoms with Crippen molar-refractivity contribution in [1.82, 2.24) is 0 Å². The van der Waals surface area contributed by atoms with Gasteiger partial charge in [-0.25, -0.2) is 0 Å². The van der Waals surface area contributed by atoms with Crippen molar-refractivity contribution >= 4 is 29.0 Å². The molecule has 17 heavy (non-hydrogen) atoms. The van der Waals surface area contributed by atoms with E-state index in [0.717, 1.165) is 21.7 Å². The Morgan fingerprint density at radius 2 is 2.12 bits per heavy atom. The van der Waals surface area contributed by atoms with Gasteiger partial charge >= 0.3 is 0 Å². The number of anilines is 1. The van der Waals surface area contributed by atoms with E-state index in [-0.39, 0.29) is 5.91 Å². The molecule has 3 rings (SSSR count). The first-order valence-corrected chi connectivity index (χ1v) is 6.03. The van der Waals surface area contributed by atoms with E-state index in [1.165, 1.54) is 11.3 Å². The zero-order chi connectivity index (χ0) is 11.8. The van der Waals surface area contributed by atoms with E-state index in [4.69, 9.17) is 5.73 Å². The van der Waals surface area contributed by atoms with E-state index in [1.54, 1.807) is 0 Å². The first-order chi connectivity index (χ1) is 8.25. The molecule has 0 bridgehead atoms. The van der Waals surface area contributed by atoms with E-state index in [9.17, 15) is 4.79 Å². The molecule has 0 aliphatic carbocycles. The average Bonchev–Trinajstić information content (AvgIpc) is 2.67. The molecule has 3 nitrogen and oxygen atoms in total.